The van der Waals surface area contributed by atoms with Crippen LogP contribution in [0.5, 0.6) is 0 Å². The monoisotopic (exact) mass is 543 g/mol. The summed E-state index contributed by atoms with van der Waals surface area (Å²) in [6, 6.07) is 27.6. The third kappa shape index (κ3) is 7.12. The zero-order valence-electron chi connectivity index (χ0n) is 22.9. The number of aliphatic hydroxyl groups excluding tert-OH is 1. The second-order valence-electron chi connectivity index (χ2n) is 10.4. The van der Waals surface area contributed by atoms with Gasteiger partial charge in [0.15, 0.2) is 0 Å². The highest BCUT2D eigenvalue weighted by Gasteiger charge is 2.43. The Kier molecular flexibility index (Phi) is 9.52. The standard InChI is InChI=1S/C33H37NO4S/c1-24(2)27-17-10-11-18-29(27)39-31-28(35)23-33(38-32(31)37,26-15-8-5-9-16-26)21-12-19-30(36)34(3)22-20-25-13-6-4-7-14-25/h4-11,13-18,24,35H,12,19-23H2,1-3H3. The molecule has 0 bridgehead atoms. The number of aliphatic hydroxyl groups is 1. The highest BCUT2D eigenvalue weighted by Crippen LogP contribution is 2.46. The fourth-order valence-corrected chi connectivity index (χ4v) is 6.06. The highest BCUT2D eigenvalue weighted by molar-refractivity contribution is 8.04. The minimum atomic E-state index is -1.02. The van der Waals surface area contributed by atoms with E-state index in [0.29, 0.717) is 25.8 Å². The number of hydrogen-bond donors (Lipinski definition) is 1. The fourth-order valence-electron chi connectivity index (χ4n) is 4.96. The second-order valence-corrected chi connectivity index (χ2v) is 11.5. The maximum absolute atomic E-state index is 13.4. The number of ether oxygens (including phenoxy) is 1. The lowest BCUT2D eigenvalue weighted by atomic mass is 9.83. The van der Waals surface area contributed by atoms with Crippen molar-refractivity contribution in [1.29, 1.82) is 0 Å². The molecule has 6 heteroatoms. The molecule has 1 atom stereocenters. The van der Waals surface area contributed by atoms with Gasteiger partial charge in [0.2, 0.25) is 5.91 Å². The number of hydrogen-bond acceptors (Lipinski definition) is 5. The van der Waals surface area contributed by atoms with Gasteiger partial charge >= 0.3 is 5.97 Å². The van der Waals surface area contributed by atoms with Gasteiger partial charge in [-0.1, -0.05) is 104 Å². The van der Waals surface area contributed by atoms with Crippen LogP contribution in [-0.2, 0) is 26.3 Å². The van der Waals surface area contributed by atoms with Crippen molar-refractivity contribution in [1.82, 2.24) is 4.90 Å². The molecule has 1 heterocycles. The number of cyclic esters (lactones) is 1. The summed E-state index contributed by atoms with van der Waals surface area (Å²) in [5.41, 5.74) is 2.11. The molecule has 204 valence electrons. The Balaban J connectivity index is 1.47. The first kappa shape index (κ1) is 28.5. The van der Waals surface area contributed by atoms with E-state index in [1.54, 1.807) is 4.90 Å². The van der Waals surface area contributed by atoms with Gasteiger partial charge < -0.3 is 14.7 Å². The van der Waals surface area contributed by atoms with Crippen LogP contribution in [0.3, 0.4) is 0 Å². The Hall–Kier alpha value is -3.51. The molecule has 0 saturated carbocycles. The first-order valence-corrected chi connectivity index (χ1v) is 14.4. The molecule has 1 amide bonds. The first-order chi connectivity index (χ1) is 18.8. The molecule has 0 radical (unpaired) electrons. The van der Waals surface area contributed by atoms with Gasteiger partial charge in [0.1, 0.15) is 16.3 Å². The SMILES string of the molecule is CC(C)c1ccccc1SC1=C(O)CC(CCCC(=O)N(C)CCc2ccccc2)(c2ccccc2)OC1=O. The van der Waals surface area contributed by atoms with Crippen LogP contribution < -0.4 is 0 Å². The number of benzene rings is 3. The molecular weight excluding hydrogens is 506 g/mol. The molecule has 3 aromatic rings. The number of thioether (sulfide) groups is 1. The Morgan fingerprint density at radius 2 is 1.64 bits per heavy atom. The third-order valence-electron chi connectivity index (χ3n) is 7.22. The van der Waals surface area contributed by atoms with Crippen LogP contribution in [-0.4, -0.2) is 35.5 Å². The van der Waals surface area contributed by atoms with Gasteiger partial charge in [-0.25, -0.2) is 4.79 Å². The van der Waals surface area contributed by atoms with Gasteiger partial charge in [-0.05, 0) is 47.9 Å². The fraction of sp³-hybridized carbons (Fsp3) is 0.333. The summed E-state index contributed by atoms with van der Waals surface area (Å²) in [6.45, 7) is 4.85. The van der Waals surface area contributed by atoms with Gasteiger partial charge in [0, 0.05) is 24.9 Å². The minimum absolute atomic E-state index is 0.0324. The topological polar surface area (TPSA) is 66.8 Å². The smallest absolute Gasteiger partial charge is 0.349 e. The van der Waals surface area contributed by atoms with Crippen LogP contribution in [0.25, 0.3) is 0 Å². The molecule has 0 saturated heterocycles. The maximum Gasteiger partial charge on any atom is 0.349 e. The number of rotatable bonds is 11. The minimum Gasteiger partial charge on any atom is -0.511 e. The van der Waals surface area contributed by atoms with Crippen LogP contribution in [0.1, 0.15) is 62.1 Å². The zero-order valence-corrected chi connectivity index (χ0v) is 23.7. The van der Waals surface area contributed by atoms with Gasteiger partial charge in [-0.3, -0.25) is 4.79 Å². The summed E-state index contributed by atoms with van der Waals surface area (Å²) in [7, 11) is 1.83. The lowest BCUT2D eigenvalue weighted by Crippen LogP contribution is -2.38. The van der Waals surface area contributed by atoms with Crippen molar-refractivity contribution >= 4 is 23.6 Å². The molecule has 0 aliphatic carbocycles. The average Bonchev–Trinajstić information content (AvgIpc) is 2.94. The molecule has 1 unspecified atom stereocenters. The van der Waals surface area contributed by atoms with Gasteiger partial charge in [-0.15, -0.1) is 0 Å². The molecule has 5 nitrogen and oxygen atoms in total. The summed E-state index contributed by atoms with van der Waals surface area (Å²) in [5.74, 6) is -0.164. The van der Waals surface area contributed by atoms with E-state index in [4.69, 9.17) is 4.74 Å². The number of esters is 1. The van der Waals surface area contributed by atoms with E-state index in [2.05, 4.69) is 26.0 Å². The van der Waals surface area contributed by atoms with E-state index in [-0.39, 0.29) is 28.9 Å². The van der Waals surface area contributed by atoms with Gasteiger partial charge in [-0.2, -0.15) is 0 Å². The molecule has 0 spiro atoms. The number of nitrogens with zero attached hydrogens (tertiary/aromatic N) is 1. The summed E-state index contributed by atoms with van der Waals surface area (Å²) in [5, 5.41) is 11.2. The van der Waals surface area contributed by atoms with Crippen molar-refractivity contribution in [2.45, 2.75) is 62.4 Å². The number of likely N-dealkylation sites (N-methyl/N-ethyl adjacent to an activating group) is 1. The van der Waals surface area contributed by atoms with E-state index in [1.165, 1.54) is 17.3 Å². The Labute approximate surface area is 235 Å². The molecule has 4 rings (SSSR count). The van der Waals surface area contributed by atoms with E-state index in [9.17, 15) is 14.7 Å². The van der Waals surface area contributed by atoms with E-state index >= 15 is 0 Å². The van der Waals surface area contributed by atoms with Crippen molar-refractivity contribution in [3.8, 4) is 0 Å². The number of amides is 1. The van der Waals surface area contributed by atoms with E-state index in [1.807, 2.05) is 79.8 Å². The van der Waals surface area contributed by atoms with Gasteiger partial charge in [0.05, 0.1) is 6.42 Å². The van der Waals surface area contributed by atoms with Crippen LogP contribution in [0.2, 0.25) is 0 Å². The van der Waals surface area contributed by atoms with Crippen molar-refractivity contribution in [3.63, 3.8) is 0 Å². The quantitative estimate of drug-likeness (QED) is 0.256. The Morgan fingerprint density at radius 3 is 2.31 bits per heavy atom. The lowest BCUT2D eigenvalue weighted by molar-refractivity contribution is -0.160. The van der Waals surface area contributed by atoms with Gasteiger partial charge in [0.25, 0.3) is 0 Å². The van der Waals surface area contributed by atoms with Crippen LogP contribution >= 0.6 is 11.8 Å². The Bertz CT molecular complexity index is 1310. The summed E-state index contributed by atoms with van der Waals surface area (Å²) in [4.78, 5) is 29.2. The molecule has 1 aliphatic heterocycles. The summed E-state index contributed by atoms with van der Waals surface area (Å²) in [6.07, 6.45) is 2.28. The molecule has 1 aliphatic rings. The highest BCUT2D eigenvalue weighted by atomic mass is 32.2. The predicted molar refractivity (Wildman–Crippen MR) is 157 cm³/mol. The molecule has 1 N–H and O–H groups in total. The predicted octanol–water partition coefficient (Wildman–Crippen LogP) is 7.39. The number of carbonyl (C=O) groups excluding carboxylic acids is 2. The molecule has 0 fully saturated rings. The van der Waals surface area contributed by atoms with Crippen molar-refractivity contribution < 1.29 is 19.4 Å². The average molecular weight is 544 g/mol. The normalized spacial score (nSPS) is 17.3. The summed E-state index contributed by atoms with van der Waals surface area (Å²) < 4.78 is 6.16. The molecule has 3 aromatic carbocycles. The van der Waals surface area contributed by atoms with Crippen molar-refractivity contribution in [2.24, 2.45) is 0 Å². The van der Waals surface area contributed by atoms with Crippen molar-refractivity contribution in [2.75, 3.05) is 13.6 Å². The zero-order chi connectivity index (χ0) is 27.8. The van der Waals surface area contributed by atoms with Crippen LogP contribution in [0.4, 0.5) is 0 Å². The first-order valence-electron chi connectivity index (χ1n) is 13.5. The number of carbonyl (C=O) groups is 2. The van der Waals surface area contributed by atoms with Crippen LogP contribution in [0.15, 0.2) is 100 Å². The van der Waals surface area contributed by atoms with E-state index < -0.39 is 11.6 Å². The third-order valence-corrected chi connectivity index (χ3v) is 8.42. The lowest BCUT2D eigenvalue weighted by Gasteiger charge is -2.37. The van der Waals surface area contributed by atoms with E-state index in [0.717, 1.165) is 22.4 Å². The Morgan fingerprint density at radius 1 is 1.00 bits per heavy atom. The second kappa shape index (κ2) is 13.0. The molecule has 39 heavy (non-hydrogen) atoms. The molecular formula is C33H37NO4S. The van der Waals surface area contributed by atoms with Crippen molar-refractivity contribution in [3.05, 3.63) is 112 Å². The van der Waals surface area contributed by atoms with Crippen LogP contribution in [0, 0.1) is 0 Å². The molecule has 0 aromatic heterocycles. The summed E-state index contributed by atoms with van der Waals surface area (Å²) >= 11 is 1.26. The largest absolute Gasteiger partial charge is 0.511 e. The maximum atomic E-state index is 13.4.